The van der Waals surface area contributed by atoms with E-state index in [0.717, 1.165) is 71.4 Å². The number of hydrogen-bond donors (Lipinski definition) is 2. The van der Waals surface area contributed by atoms with Crippen molar-refractivity contribution in [2.45, 2.75) is 78.0 Å². The lowest BCUT2D eigenvalue weighted by Crippen LogP contribution is -2.52. The van der Waals surface area contributed by atoms with Gasteiger partial charge in [-0.3, -0.25) is 30.0 Å². The minimum atomic E-state index is -0.566. The lowest BCUT2D eigenvalue weighted by Gasteiger charge is -2.39. The van der Waals surface area contributed by atoms with Gasteiger partial charge in [-0.25, -0.2) is 4.79 Å². The third kappa shape index (κ3) is 12.8. The maximum atomic E-state index is 13.7. The van der Waals surface area contributed by atoms with E-state index in [1.165, 1.54) is 22.7 Å². The highest BCUT2D eigenvalue weighted by Crippen LogP contribution is 2.28. The molecule has 296 valence electrons. The number of aromatic nitrogens is 4. The summed E-state index contributed by atoms with van der Waals surface area (Å²) in [6.07, 6.45) is 3.04. The van der Waals surface area contributed by atoms with Crippen molar-refractivity contribution in [3.05, 3.63) is 81.8 Å². The zero-order valence-electron chi connectivity index (χ0n) is 32.4. The predicted molar refractivity (Wildman–Crippen MR) is 222 cm³/mol. The number of nitrogens with one attached hydrogen (secondary N) is 2. The van der Waals surface area contributed by atoms with Crippen LogP contribution in [0.15, 0.2) is 60.7 Å². The number of thioether (sulfide) groups is 1. The fourth-order valence-electron chi connectivity index (χ4n) is 6.34. The Hall–Kier alpha value is -3.96. The van der Waals surface area contributed by atoms with Crippen LogP contribution in [0.4, 0.5) is 15.1 Å². The number of piperazine rings is 1. The largest absolute Gasteiger partial charge is 0.444 e. The van der Waals surface area contributed by atoms with Crippen molar-refractivity contribution < 1.29 is 19.1 Å². The highest BCUT2D eigenvalue weighted by molar-refractivity contribution is 7.99. The van der Waals surface area contributed by atoms with Gasteiger partial charge in [-0.2, -0.15) is 11.8 Å². The summed E-state index contributed by atoms with van der Waals surface area (Å²) >= 11 is 4.58. The fourth-order valence-corrected chi connectivity index (χ4v) is 8.96. The first-order valence-electron chi connectivity index (χ1n) is 18.9. The molecule has 0 bridgehead atoms. The summed E-state index contributed by atoms with van der Waals surface area (Å²) in [5.41, 5.74) is 1.28. The molecule has 2 aromatic heterocycles. The van der Waals surface area contributed by atoms with E-state index in [0.29, 0.717) is 36.4 Å². The maximum absolute atomic E-state index is 13.7. The number of benzene rings is 2. The van der Waals surface area contributed by atoms with E-state index in [-0.39, 0.29) is 17.9 Å². The number of ether oxygens (including phenoxy) is 1. The Balaban J connectivity index is 1.08. The molecule has 55 heavy (non-hydrogen) atoms. The van der Waals surface area contributed by atoms with Crippen LogP contribution in [0, 0.1) is 0 Å². The summed E-state index contributed by atoms with van der Waals surface area (Å²) in [7, 11) is 0. The molecule has 3 heterocycles. The second kappa shape index (κ2) is 20.8. The molecule has 1 saturated heterocycles. The Bertz CT molecular complexity index is 1790. The highest BCUT2D eigenvalue weighted by atomic mass is 32.2. The topological polar surface area (TPSA) is 146 Å². The average Bonchev–Trinajstić information content (AvgIpc) is 3.81. The number of carbonyl (C=O) groups excluding carboxylic acids is 3. The van der Waals surface area contributed by atoms with Crippen molar-refractivity contribution in [1.82, 2.24) is 35.1 Å². The molecule has 2 aromatic carbocycles. The Morgan fingerprint density at radius 2 is 1.27 bits per heavy atom. The molecule has 1 fully saturated rings. The van der Waals surface area contributed by atoms with Crippen molar-refractivity contribution >= 4 is 62.6 Å². The maximum Gasteiger partial charge on any atom is 0.410 e. The molecule has 2 N–H and O–H groups in total. The first-order chi connectivity index (χ1) is 26.5. The third-order valence-corrected chi connectivity index (χ3v) is 11.5. The van der Waals surface area contributed by atoms with Gasteiger partial charge in [-0.1, -0.05) is 97.2 Å². The van der Waals surface area contributed by atoms with E-state index < -0.39 is 17.7 Å². The first-order valence-corrected chi connectivity index (χ1v) is 21.7. The molecule has 5 rings (SSSR count). The van der Waals surface area contributed by atoms with Crippen molar-refractivity contribution in [2.75, 3.05) is 61.4 Å². The normalized spacial score (nSPS) is 14.8. The lowest BCUT2D eigenvalue weighted by atomic mass is 10.0. The van der Waals surface area contributed by atoms with Crippen LogP contribution < -0.4 is 10.6 Å². The number of aryl methyl sites for hydroxylation is 2. The van der Waals surface area contributed by atoms with Crippen molar-refractivity contribution in [3.63, 3.8) is 0 Å². The molecule has 2 unspecified atom stereocenters. The SMILES string of the molecule is CCCN(CCC)C(C(=O)Nc1nnc(CCSCCc2nnc(NC(=O)C(c3ccccc3)N3CCN(C(=O)OC(C)(C)C)CC3)s2)s1)c1ccccc1. The van der Waals surface area contributed by atoms with Gasteiger partial charge in [0.05, 0.1) is 0 Å². The minimum Gasteiger partial charge on any atom is -0.444 e. The average molecular weight is 808 g/mol. The second-order valence-corrected chi connectivity index (χ2v) is 17.6. The summed E-state index contributed by atoms with van der Waals surface area (Å²) < 4.78 is 5.55. The second-order valence-electron chi connectivity index (χ2n) is 14.3. The Labute approximate surface area is 336 Å². The molecular weight excluding hydrogens is 755 g/mol. The summed E-state index contributed by atoms with van der Waals surface area (Å²) in [6.45, 7) is 13.5. The van der Waals surface area contributed by atoms with Gasteiger partial charge in [0, 0.05) is 39.0 Å². The molecule has 2 atom stereocenters. The van der Waals surface area contributed by atoms with Gasteiger partial charge in [0.25, 0.3) is 0 Å². The zero-order valence-corrected chi connectivity index (χ0v) is 34.9. The molecule has 0 radical (unpaired) electrons. The lowest BCUT2D eigenvalue weighted by molar-refractivity contribution is -0.122. The summed E-state index contributed by atoms with van der Waals surface area (Å²) in [5, 5.41) is 26.0. The summed E-state index contributed by atoms with van der Waals surface area (Å²) in [5.74, 6) is 1.41. The quantitative estimate of drug-likeness (QED) is 0.101. The van der Waals surface area contributed by atoms with E-state index in [9.17, 15) is 14.4 Å². The van der Waals surface area contributed by atoms with Crippen LogP contribution in [0.3, 0.4) is 0 Å². The number of hydrogen-bond acceptors (Lipinski definition) is 13. The zero-order chi connectivity index (χ0) is 39.2. The highest BCUT2D eigenvalue weighted by Gasteiger charge is 2.34. The van der Waals surface area contributed by atoms with Gasteiger partial charge in [0.2, 0.25) is 22.1 Å². The number of carbonyl (C=O) groups is 3. The minimum absolute atomic E-state index is 0.0912. The molecule has 4 aromatic rings. The van der Waals surface area contributed by atoms with Crippen molar-refractivity contribution in [3.8, 4) is 0 Å². The first kappa shape index (κ1) is 42.2. The van der Waals surface area contributed by atoms with Crippen LogP contribution >= 0.6 is 34.4 Å². The van der Waals surface area contributed by atoms with Crippen molar-refractivity contribution in [2.24, 2.45) is 0 Å². The van der Waals surface area contributed by atoms with Gasteiger partial charge in [0.15, 0.2) is 0 Å². The van der Waals surface area contributed by atoms with Crippen LogP contribution in [-0.4, -0.2) is 109 Å². The van der Waals surface area contributed by atoms with Gasteiger partial charge in [0.1, 0.15) is 27.7 Å². The number of anilines is 2. The van der Waals surface area contributed by atoms with E-state index >= 15 is 0 Å². The Kier molecular flexibility index (Phi) is 16.0. The molecule has 0 spiro atoms. The van der Waals surface area contributed by atoms with Crippen LogP contribution in [0.5, 0.6) is 0 Å². The molecular formula is C39H53N9O4S3. The standard InChI is InChI=1S/C39H53N9O4S3/c1-6-20-46(21-7-2)32(28-14-10-8-11-15-28)34(49)40-36-44-42-30(54-36)18-26-53-27-19-31-43-45-37(55-31)41-35(50)33(29-16-12-9-13-17-29)47-22-24-48(25-23-47)38(51)52-39(3,4)5/h8-17,32-33H,6-7,18-27H2,1-5H3,(H,40,44,49)(H,41,45,50). The number of nitrogens with zero attached hydrogens (tertiary/aromatic N) is 7. The van der Waals surface area contributed by atoms with Crippen LogP contribution in [0.25, 0.3) is 0 Å². The van der Waals surface area contributed by atoms with Crippen LogP contribution in [0.1, 0.15) is 80.7 Å². The summed E-state index contributed by atoms with van der Waals surface area (Å²) in [6, 6.07) is 18.7. The monoisotopic (exact) mass is 807 g/mol. The Morgan fingerprint density at radius 3 is 1.78 bits per heavy atom. The Morgan fingerprint density at radius 1 is 0.764 bits per heavy atom. The van der Waals surface area contributed by atoms with E-state index in [4.69, 9.17) is 4.74 Å². The van der Waals surface area contributed by atoms with E-state index in [2.05, 4.69) is 54.7 Å². The molecule has 0 aliphatic carbocycles. The smallest absolute Gasteiger partial charge is 0.410 e. The van der Waals surface area contributed by atoms with Gasteiger partial charge in [-0.05, 0) is 69.3 Å². The van der Waals surface area contributed by atoms with Crippen LogP contribution in [0.2, 0.25) is 0 Å². The summed E-state index contributed by atoms with van der Waals surface area (Å²) in [4.78, 5) is 46.0. The molecule has 1 aliphatic heterocycles. The van der Waals surface area contributed by atoms with E-state index in [1.54, 1.807) is 16.7 Å². The fraction of sp³-hybridized carbons (Fsp3) is 0.513. The van der Waals surface area contributed by atoms with Gasteiger partial charge >= 0.3 is 6.09 Å². The number of amides is 3. The van der Waals surface area contributed by atoms with Crippen molar-refractivity contribution in [1.29, 1.82) is 0 Å². The van der Waals surface area contributed by atoms with E-state index in [1.807, 2.05) is 81.4 Å². The molecule has 3 amide bonds. The van der Waals surface area contributed by atoms with Gasteiger partial charge < -0.3 is 9.64 Å². The molecule has 1 aliphatic rings. The predicted octanol–water partition coefficient (Wildman–Crippen LogP) is 6.94. The van der Waals surface area contributed by atoms with Crippen LogP contribution in [-0.2, 0) is 27.2 Å². The molecule has 0 saturated carbocycles. The molecule has 13 nitrogen and oxygen atoms in total. The third-order valence-electron chi connectivity index (χ3n) is 8.76. The molecule has 16 heteroatoms. The van der Waals surface area contributed by atoms with Gasteiger partial charge in [-0.15, -0.1) is 20.4 Å². The number of rotatable bonds is 18.